The van der Waals surface area contributed by atoms with E-state index >= 15 is 0 Å². The van der Waals surface area contributed by atoms with Crippen molar-refractivity contribution in [3.8, 4) is 0 Å². The molecule has 2 nitrogen and oxygen atoms in total. The number of rotatable bonds is 1. The summed E-state index contributed by atoms with van der Waals surface area (Å²) in [5, 5.41) is 3.01. The Balaban J connectivity index is 2.40. The molecule has 1 rings (SSSR count). The van der Waals surface area contributed by atoms with Crippen molar-refractivity contribution >= 4 is 5.78 Å². The summed E-state index contributed by atoms with van der Waals surface area (Å²) in [6, 6.07) is 0. The SMILES string of the molecule is C=CC1CNCC(=O)C1. The van der Waals surface area contributed by atoms with Crippen molar-refractivity contribution < 1.29 is 4.79 Å². The van der Waals surface area contributed by atoms with Crippen molar-refractivity contribution in [1.29, 1.82) is 0 Å². The first-order chi connectivity index (χ1) is 4.33. The molecule has 1 atom stereocenters. The van der Waals surface area contributed by atoms with Gasteiger partial charge in [-0.3, -0.25) is 4.79 Å². The van der Waals surface area contributed by atoms with Crippen LogP contribution in [0.3, 0.4) is 0 Å². The van der Waals surface area contributed by atoms with Crippen LogP contribution in [0.4, 0.5) is 0 Å². The fraction of sp³-hybridized carbons (Fsp3) is 0.571. The average molecular weight is 125 g/mol. The minimum Gasteiger partial charge on any atom is -0.309 e. The smallest absolute Gasteiger partial charge is 0.147 e. The first kappa shape index (κ1) is 6.49. The van der Waals surface area contributed by atoms with Gasteiger partial charge in [0, 0.05) is 13.0 Å². The Bertz CT molecular complexity index is 131. The zero-order valence-corrected chi connectivity index (χ0v) is 5.39. The van der Waals surface area contributed by atoms with E-state index in [0.717, 1.165) is 6.54 Å². The van der Waals surface area contributed by atoms with Gasteiger partial charge in [0.25, 0.3) is 0 Å². The van der Waals surface area contributed by atoms with E-state index in [0.29, 0.717) is 24.7 Å². The van der Waals surface area contributed by atoms with Gasteiger partial charge in [-0.15, -0.1) is 6.58 Å². The van der Waals surface area contributed by atoms with Gasteiger partial charge in [-0.2, -0.15) is 0 Å². The van der Waals surface area contributed by atoms with Gasteiger partial charge >= 0.3 is 0 Å². The number of hydrogen-bond acceptors (Lipinski definition) is 2. The summed E-state index contributed by atoms with van der Waals surface area (Å²) < 4.78 is 0. The van der Waals surface area contributed by atoms with Crippen LogP contribution in [0.5, 0.6) is 0 Å². The summed E-state index contributed by atoms with van der Waals surface area (Å²) in [5.41, 5.74) is 0. The van der Waals surface area contributed by atoms with Gasteiger partial charge in [0.2, 0.25) is 0 Å². The van der Waals surface area contributed by atoms with Gasteiger partial charge in [-0.1, -0.05) is 6.08 Å². The number of ketones is 1. The molecule has 1 unspecified atom stereocenters. The van der Waals surface area contributed by atoms with E-state index in [4.69, 9.17) is 0 Å². The van der Waals surface area contributed by atoms with Crippen LogP contribution >= 0.6 is 0 Å². The zero-order valence-electron chi connectivity index (χ0n) is 5.39. The maximum atomic E-state index is 10.7. The third kappa shape index (κ3) is 1.64. The molecule has 1 saturated heterocycles. The van der Waals surface area contributed by atoms with Crippen LogP contribution in [0.1, 0.15) is 6.42 Å². The summed E-state index contributed by atoms with van der Waals surface area (Å²) in [6.07, 6.45) is 2.51. The molecule has 0 aliphatic carbocycles. The molecule has 1 fully saturated rings. The summed E-state index contributed by atoms with van der Waals surface area (Å²) in [4.78, 5) is 10.7. The molecule has 0 amide bonds. The minimum atomic E-state index is 0.297. The highest BCUT2D eigenvalue weighted by atomic mass is 16.1. The third-order valence-electron chi connectivity index (χ3n) is 1.55. The second kappa shape index (κ2) is 2.78. The molecule has 1 aliphatic rings. The lowest BCUT2D eigenvalue weighted by molar-refractivity contribution is -0.119. The van der Waals surface area contributed by atoms with Crippen molar-refractivity contribution in [2.45, 2.75) is 6.42 Å². The van der Waals surface area contributed by atoms with E-state index in [-0.39, 0.29) is 0 Å². The Kier molecular flexibility index (Phi) is 2.01. The molecule has 2 heteroatoms. The van der Waals surface area contributed by atoms with Crippen molar-refractivity contribution in [1.82, 2.24) is 5.32 Å². The number of Topliss-reactive ketones (excluding diaryl/α,β-unsaturated/α-hetero) is 1. The van der Waals surface area contributed by atoms with Crippen LogP contribution in [0.2, 0.25) is 0 Å². The Hall–Kier alpha value is -0.630. The van der Waals surface area contributed by atoms with Crippen LogP contribution in [-0.4, -0.2) is 18.9 Å². The molecule has 1 N–H and O–H groups in total. The molecular formula is C7H11NO. The topological polar surface area (TPSA) is 29.1 Å². The number of nitrogens with one attached hydrogen (secondary N) is 1. The molecule has 0 radical (unpaired) electrons. The molecule has 0 saturated carbocycles. The first-order valence-corrected chi connectivity index (χ1v) is 3.18. The lowest BCUT2D eigenvalue weighted by Crippen LogP contribution is -2.35. The van der Waals surface area contributed by atoms with Crippen LogP contribution in [0, 0.1) is 5.92 Å². The van der Waals surface area contributed by atoms with E-state index < -0.39 is 0 Å². The molecule has 0 spiro atoms. The van der Waals surface area contributed by atoms with Gasteiger partial charge in [-0.25, -0.2) is 0 Å². The average Bonchev–Trinajstić information content (AvgIpc) is 1.88. The molecule has 1 aliphatic heterocycles. The van der Waals surface area contributed by atoms with Gasteiger partial charge in [-0.05, 0) is 5.92 Å². The standard InChI is InChI=1S/C7H11NO/c1-2-6-3-7(9)5-8-4-6/h2,6,8H,1,3-5H2. The van der Waals surface area contributed by atoms with E-state index in [1.807, 2.05) is 6.08 Å². The van der Waals surface area contributed by atoms with E-state index in [1.165, 1.54) is 0 Å². The van der Waals surface area contributed by atoms with Crippen LogP contribution < -0.4 is 5.32 Å². The molecule has 0 aromatic rings. The molecule has 0 bridgehead atoms. The molecular weight excluding hydrogens is 114 g/mol. The fourth-order valence-corrected chi connectivity index (χ4v) is 1.00. The molecule has 0 aromatic carbocycles. The first-order valence-electron chi connectivity index (χ1n) is 3.18. The highest BCUT2D eigenvalue weighted by Crippen LogP contribution is 2.06. The van der Waals surface area contributed by atoms with E-state index in [2.05, 4.69) is 11.9 Å². The zero-order chi connectivity index (χ0) is 6.69. The Labute approximate surface area is 54.9 Å². The number of piperidine rings is 1. The van der Waals surface area contributed by atoms with Crippen molar-refractivity contribution in [2.24, 2.45) is 5.92 Å². The fourth-order valence-electron chi connectivity index (χ4n) is 1.00. The van der Waals surface area contributed by atoms with Crippen LogP contribution in [0.25, 0.3) is 0 Å². The van der Waals surface area contributed by atoms with E-state index in [1.54, 1.807) is 0 Å². The molecule has 0 aromatic heterocycles. The van der Waals surface area contributed by atoms with Gasteiger partial charge in [0.1, 0.15) is 5.78 Å². The molecule has 1 heterocycles. The summed E-state index contributed by atoms with van der Waals surface area (Å²) in [7, 11) is 0. The van der Waals surface area contributed by atoms with Crippen molar-refractivity contribution in [3.63, 3.8) is 0 Å². The highest BCUT2D eigenvalue weighted by Gasteiger charge is 2.14. The van der Waals surface area contributed by atoms with Crippen molar-refractivity contribution in [3.05, 3.63) is 12.7 Å². The normalized spacial score (nSPS) is 28.0. The van der Waals surface area contributed by atoms with Gasteiger partial charge in [0.05, 0.1) is 6.54 Å². The maximum absolute atomic E-state index is 10.7. The largest absolute Gasteiger partial charge is 0.309 e. The lowest BCUT2D eigenvalue weighted by Gasteiger charge is -2.17. The second-order valence-electron chi connectivity index (χ2n) is 2.37. The number of hydrogen-bond donors (Lipinski definition) is 1. The van der Waals surface area contributed by atoms with Crippen LogP contribution in [-0.2, 0) is 4.79 Å². The summed E-state index contributed by atoms with van der Waals surface area (Å²) in [6.45, 7) is 5.08. The van der Waals surface area contributed by atoms with Crippen LogP contribution in [0.15, 0.2) is 12.7 Å². The monoisotopic (exact) mass is 125 g/mol. The van der Waals surface area contributed by atoms with E-state index in [9.17, 15) is 4.79 Å². The van der Waals surface area contributed by atoms with Crippen molar-refractivity contribution in [2.75, 3.05) is 13.1 Å². The predicted octanol–water partition coefficient (Wildman–Crippen LogP) is 0.351. The summed E-state index contributed by atoms with van der Waals surface area (Å²) in [5.74, 6) is 0.664. The Morgan fingerprint density at radius 1 is 1.78 bits per heavy atom. The maximum Gasteiger partial charge on any atom is 0.147 e. The number of carbonyl (C=O) groups excluding carboxylic acids is 1. The Morgan fingerprint density at radius 2 is 2.56 bits per heavy atom. The highest BCUT2D eigenvalue weighted by molar-refractivity contribution is 5.81. The predicted molar refractivity (Wildman–Crippen MR) is 36.2 cm³/mol. The van der Waals surface area contributed by atoms with Gasteiger partial charge in [0.15, 0.2) is 0 Å². The quantitative estimate of drug-likeness (QED) is 0.512. The lowest BCUT2D eigenvalue weighted by atomic mass is 9.99. The summed E-state index contributed by atoms with van der Waals surface area (Å²) >= 11 is 0. The second-order valence-corrected chi connectivity index (χ2v) is 2.37. The van der Waals surface area contributed by atoms with Gasteiger partial charge < -0.3 is 5.32 Å². The Morgan fingerprint density at radius 3 is 3.00 bits per heavy atom. The molecule has 9 heavy (non-hydrogen) atoms. The number of carbonyl (C=O) groups is 1. The third-order valence-corrected chi connectivity index (χ3v) is 1.55. The molecule has 50 valence electrons. The minimum absolute atomic E-state index is 0.297.